The average Bonchev–Trinajstić information content (AvgIpc) is 2.91. The van der Waals surface area contributed by atoms with E-state index in [-0.39, 0.29) is 5.91 Å². The van der Waals surface area contributed by atoms with Gasteiger partial charge in [-0.15, -0.1) is 0 Å². The second-order valence-electron chi connectivity index (χ2n) is 3.67. The molecular weight excluding hydrogens is 357 g/mol. The van der Waals surface area contributed by atoms with E-state index >= 15 is 0 Å². The summed E-state index contributed by atoms with van der Waals surface area (Å²) in [6.07, 6.45) is 3.33. The number of aromatic nitrogens is 1. The van der Waals surface area contributed by atoms with Crippen LogP contribution in [0.5, 0.6) is 5.75 Å². The fourth-order valence-electron chi connectivity index (χ4n) is 1.46. The number of nitrogens with zero attached hydrogens (tertiary/aromatic N) is 1. The van der Waals surface area contributed by atoms with Gasteiger partial charge in [-0.2, -0.15) is 5.10 Å². The zero-order valence-corrected chi connectivity index (χ0v) is 12.3. The standard InChI is InChI=1S/C13H12IN3O2/c1-19-12-5-4-9(7-11(12)14)13(18)17-16-8-10-3-2-6-15-10/h2-8,15H,1H3,(H,17,18)/b16-8+. The number of hydrazone groups is 1. The number of ether oxygens (including phenoxy) is 1. The van der Waals surface area contributed by atoms with E-state index in [9.17, 15) is 4.79 Å². The molecule has 1 aromatic carbocycles. The van der Waals surface area contributed by atoms with Gasteiger partial charge in [0.25, 0.3) is 5.91 Å². The van der Waals surface area contributed by atoms with E-state index in [0.29, 0.717) is 5.56 Å². The highest BCUT2D eigenvalue weighted by Crippen LogP contribution is 2.21. The molecule has 0 atom stereocenters. The number of halogens is 1. The number of hydrogen-bond donors (Lipinski definition) is 2. The van der Waals surface area contributed by atoms with E-state index in [4.69, 9.17) is 4.74 Å². The van der Waals surface area contributed by atoms with E-state index in [0.717, 1.165) is 15.0 Å². The van der Waals surface area contributed by atoms with Crippen molar-refractivity contribution >= 4 is 34.7 Å². The Labute approximate surface area is 124 Å². The molecule has 0 saturated carbocycles. The fraction of sp³-hybridized carbons (Fsp3) is 0.0769. The lowest BCUT2D eigenvalue weighted by Gasteiger charge is -2.05. The molecule has 2 aromatic rings. The summed E-state index contributed by atoms with van der Waals surface area (Å²) in [5.74, 6) is 0.482. The molecule has 0 unspecified atom stereocenters. The first-order valence-corrected chi connectivity index (χ1v) is 6.59. The molecule has 0 fully saturated rings. The Morgan fingerprint density at radius 1 is 1.47 bits per heavy atom. The van der Waals surface area contributed by atoms with Crippen LogP contribution in [0.4, 0.5) is 0 Å². The zero-order valence-electron chi connectivity index (χ0n) is 10.2. The third-order valence-electron chi connectivity index (χ3n) is 2.41. The Morgan fingerprint density at radius 2 is 2.32 bits per heavy atom. The molecule has 98 valence electrons. The minimum absolute atomic E-state index is 0.261. The van der Waals surface area contributed by atoms with Crippen molar-refractivity contribution in [2.24, 2.45) is 5.10 Å². The number of aromatic amines is 1. The third-order valence-corrected chi connectivity index (χ3v) is 3.25. The fourth-order valence-corrected chi connectivity index (χ4v) is 2.19. The lowest BCUT2D eigenvalue weighted by atomic mass is 10.2. The summed E-state index contributed by atoms with van der Waals surface area (Å²) < 4.78 is 6.01. The average molecular weight is 369 g/mol. The summed E-state index contributed by atoms with van der Waals surface area (Å²) >= 11 is 2.12. The summed E-state index contributed by atoms with van der Waals surface area (Å²) in [4.78, 5) is 14.8. The van der Waals surface area contributed by atoms with Crippen LogP contribution in [0.3, 0.4) is 0 Å². The maximum Gasteiger partial charge on any atom is 0.271 e. The normalized spacial score (nSPS) is 10.6. The predicted octanol–water partition coefficient (Wildman–Crippen LogP) is 2.39. The molecule has 0 radical (unpaired) electrons. The molecular formula is C13H12IN3O2. The first kappa shape index (κ1) is 13.6. The summed E-state index contributed by atoms with van der Waals surface area (Å²) in [6.45, 7) is 0. The summed E-state index contributed by atoms with van der Waals surface area (Å²) in [6, 6.07) is 8.91. The monoisotopic (exact) mass is 369 g/mol. The molecule has 0 aliphatic heterocycles. The smallest absolute Gasteiger partial charge is 0.271 e. The Hall–Kier alpha value is -1.83. The first-order chi connectivity index (χ1) is 9.20. The second-order valence-corrected chi connectivity index (χ2v) is 4.84. The van der Waals surface area contributed by atoms with Gasteiger partial charge in [0.1, 0.15) is 5.75 Å². The van der Waals surface area contributed by atoms with E-state index < -0.39 is 0 Å². The summed E-state index contributed by atoms with van der Waals surface area (Å²) in [5, 5.41) is 3.87. The minimum Gasteiger partial charge on any atom is -0.496 e. The molecule has 0 aliphatic rings. The number of nitrogens with one attached hydrogen (secondary N) is 2. The molecule has 2 rings (SSSR count). The quantitative estimate of drug-likeness (QED) is 0.494. The zero-order chi connectivity index (χ0) is 13.7. The van der Waals surface area contributed by atoms with Crippen LogP contribution in [0.1, 0.15) is 16.1 Å². The number of amides is 1. The Kier molecular flexibility index (Phi) is 4.56. The molecule has 5 nitrogen and oxygen atoms in total. The van der Waals surface area contributed by atoms with Gasteiger partial charge in [0.05, 0.1) is 22.6 Å². The van der Waals surface area contributed by atoms with Crippen molar-refractivity contribution in [1.82, 2.24) is 10.4 Å². The number of carbonyl (C=O) groups excluding carboxylic acids is 1. The highest BCUT2D eigenvalue weighted by Gasteiger charge is 2.07. The van der Waals surface area contributed by atoms with Gasteiger partial charge in [-0.05, 0) is 52.9 Å². The van der Waals surface area contributed by atoms with Crippen molar-refractivity contribution in [2.45, 2.75) is 0 Å². The van der Waals surface area contributed by atoms with Crippen molar-refractivity contribution in [3.8, 4) is 5.75 Å². The number of methoxy groups -OCH3 is 1. The van der Waals surface area contributed by atoms with Crippen LogP contribution in [0, 0.1) is 3.57 Å². The number of hydrogen-bond acceptors (Lipinski definition) is 3. The SMILES string of the molecule is COc1ccc(C(=O)N/N=C/c2ccc[nH]2)cc1I. The molecule has 0 aliphatic carbocycles. The van der Waals surface area contributed by atoms with E-state index in [1.54, 1.807) is 37.7 Å². The van der Waals surface area contributed by atoms with E-state index in [1.807, 2.05) is 12.1 Å². The van der Waals surface area contributed by atoms with E-state index in [2.05, 4.69) is 38.1 Å². The summed E-state index contributed by atoms with van der Waals surface area (Å²) in [5.41, 5.74) is 3.83. The van der Waals surface area contributed by atoms with Gasteiger partial charge in [-0.1, -0.05) is 0 Å². The van der Waals surface area contributed by atoms with Crippen LogP contribution in [0.25, 0.3) is 0 Å². The van der Waals surface area contributed by atoms with Gasteiger partial charge in [-0.3, -0.25) is 4.79 Å². The van der Waals surface area contributed by atoms with Gasteiger partial charge in [0, 0.05) is 11.8 Å². The van der Waals surface area contributed by atoms with Crippen LogP contribution in [0.15, 0.2) is 41.6 Å². The number of H-pyrrole nitrogens is 1. The van der Waals surface area contributed by atoms with Crippen molar-refractivity contribution in [3.05, 3.63) is 51.4 Å². The van der Waals surface area contributed by atoms with Gasteiger partial charge in [-0.25, -0.2) is 5.43 Å². The van der Waals surface area contributed by atoms with Crippen LogP contribution < -0.4 is 10.2 Å². The van der Waals surface area contributed by atoms with Gasteiger partial charge < -0.3 is 9.72 Å². The third kappa shape index (κ3) is 3.57. The van der Waals surface area contributed by atoms with Crippen molar-refractivity contribution in [3.63, 3.8) is 0 Å². The van der Waals surface area contributed by atoms with Crippen molar-refractivity contribution < 1.29 is 9.53 Å². The Morgan fingerprint density at radius 3 is 2.95 bits per heavy atom. The van der Waals surface area contributed by atoms with Crippen LogP contribution in [-0.2, 0) is 0 Å². The van der Waals surface area contributed by atoms with Gasteiger partial charge >= 0.3 is 0 Å². The van der Waals surface area contributed by atoms with E-state index in [1.165, 1.54) is 0 Å². The minimum atomic E-state index is -0.261. The van der Waals surface area contributed by atoms with Crippen LogP contribution >= 0.6 is 22.6 Å². The highest BCUT2D eigenvalue weighted by atomic mass is 127. The topological polar surface area (TPSA) is 66.5 Å². The molecule has 1 amide bonds. The van der Waals surface area contributed by atoms with Crippen LogP contribution in [0.2, 0.25) is 0 Å². The predicted molar refractivity (Wildman–Crippen MR) is 81.6 cm³/mol. The molecule has 0 spiro atoms. The molecule has 19 heavy (non-hydrogen) atoms. The summed E-state index contributed by atoms with van der Waals surface area (Å²) in [7, 11) is 1.60. The number of rotatable bonds is 4. The van der Waals surface area contributed by atoms with Gasteiger partial charge in [0.2, 0.25) is 0 Å². The van der Waals surface area contributed by atoms with Gasteiger partial charge in [0.15, 0.2) is 0 Å². The molecule has 1 heterocycles. The largest absolute Gasteiger partial charge is 0.496 e. The maximum atomic E-state index is 11.8. The molecule has 0 bridgehead atoms. The Bertz CT molecular complexity index is 594. The maximum absolute atomic E-state index is 11.8. The van der Waals surface area contributed by atoms with Crippen molar-refractivity contribution in [2.75, 3.05) is 7.11 Å². The molecule has 2 N–H and O–H groups in total. The first-order valence-electron chi connectivity index (χ1n) is 5.51. The molecule has 0 saturated heterocycles. The van der Waals surface area contributed by atoms with Crippen molar-refractivity contribution in [1.29, 1.82) is 0 Å². The lowest BCUT2D eigenvalue weighted by Crippen LogP contribution is -2.17. The van der Waals surface area contributed by atoms with Crippen LogP contribution in [-0.4, -0.2) is 24.2 Å². The molecule has 6 heteroatoms. The second kappa shape index (κ2) is 6.37. The lowest BCUT2D eigenvalue weighted by molar-refractivity contribution is 0.0955. The number of benzene rings is 1. The highest BCUT2D eigenvalue weighted by molar-refractivity contribution is 14.1. The Balaban J connectivity index is 2.02. The molecule has 1 aromatic heterocycles. The number of carbonyl (C=O) groups is 1.